The van der Waals surface area contributed by atoms with Crippen molar-refractivity contribution in [3.63, 3.8) is 0 Å². The van der Waals surface area contributed by atoms with E-state index >= 15 is 0 Å². The van der Waals surface area contributed by atoms with E-state index in [1.54, 1.807) is 7.05 Å². The Balaban J connectivity index is 2.61. The van der Waals surface area contributed by atoms with Crippen LogP contribution in [0.4, 0.5) is 0 Å². The summed E-state index contributed by atoms with van der Waals surface area (Å²) >= 11 is 7.06. The van der Waals surface area contributed by atoms with Crippen molar-refractivity contribution in [1.82, 2.24) is 5.32 Å². The van der Waals surface area contributed by atoms with Crippen molar-refractivity contribution < 1.29 is 9.53 Å². The molecule has 0 aliphatic rings. The average molecular weight is 422 g/mol. The molecule has 6 heteroatoms. The fourth-order valence-corrected chi connectivity index (χ4v) is 3.36. The predicted molar refractivity (Wildman–Crippen MR) is 92.6 cm³/mol. The Morgan fingerprint density at radius 2 is 2.00 bits per heavy atom. The van der Waals surface area contributed by atoms with E-state index in [1.165, 1.54) is 5.56 Å². The van der Waals surface area contributed by atoms with E-state index in [2.05, 4.69) is 44.1 Å². The van der Waals surface area contributed by atoms with Crippen LogP contribution < -0.4 is 15.8 Å². The van der Waals surface area contributed by atoms with Crippen molar-refractivity contribution in [2.45, 2.75) is 38.6 Å². The highest BCUT2D eigenvalue weighted by Gasteiger charge is 2.11. The third-order valence-corrected chi connectivity index (χ3v) is 4.33. The van der Waals surface area contributed by atoms with Crippen LogP contribution in [0, 0.1) is 0 Å². The lowest BCUT2D eigenvalue weighted by atomic mass is 10.0. The van der Waals surface area contributed by atoms with Crippen molar-refractivity contribution >= 4 is 37.8 Å². The Bertz CT molecular complexity index is 458. The van der Waals surface area contributed by atoms with Gasteiger partial charge in [0.05, 0.1) is 15.6 Å². The molecule has 118 valence electrons. The highest BCUT2D eigenvalue weighted by atomic mass is 79.9. The van der Waals surface area contributed by atoms with E-state index in [-0.39, 0.29) is 11.9 Å². The molecule has 21 heavy (non-hydrogen) atoms. The number of benzene rings is 1. The molecule has 0 saturated heterocycles. The summed E-state index contributed by atoms with van der Waals surface area (Å²) in [5, 5.41) is 2.59. The first-order valence-corrected chi connectivity index (χ1v) is 8.63. The van der Waals surface area contributed by atoms with Gasteiger partial charge in [0, 0.05) is 19.5 Å². The molecule has 1 amide bonds. The van der Waals surface area contributed by atoms with Crippen LogP contribution in [0.2, 0.25) is 0 Å². The molecule has 0 saturated carbocycles. The van der Waals surface area contributed by atoms with Crippen molar-refractivity contribution in [3.05, 3.63) is 26.6 Å². The summed E-state index contributed by atoms with van der Waals surface area (Å²) in [6.07, 6.45) is 2.94. The largest absolute Gasteiger partial charge is 0.491 e. The van der Waals surface area contributed by atoms with Crippen molar-refractivity contribution in [2.75, 3.05) is 13.7 Å². The second kappa shape index (κ2) is 9.43. The van der Waals surface area contributed by atoms with Gasteiger partial charge in [-0.2, -0.15) is 0 Å². The Labute approximate surface area is 143 Å². The number of halogens is 2. The maximum atomic E-state index is 11.1. The summed E-state index contributed by atoms with van der Waals surface area (Å²) in [6.45, 7) is 2.58. The molecular formula is C15H22Br2N2O2. The van der Waals surface area contributed by atoms with Crippen LogP contribution in [0.3, 0.4) is 0 Å². The van der Waals surface area contributed by atoms with Gasteiger partial charge in [0.15, 0.2) is 0 Å². The summed E-state index contributed by atoms with van der Waals surface area (Å²) in [7, 11) is 1.64. The lowest BCUT2D eigenvalue weighted by Crippen LogP contribution is -2.21. The van der Waals surface area contributed by atoms with E-state index in [0.717, 1.165) is 27.5 Å². The molecule has 3 N–H and O–H groups in total. The van der Waals surface area contributed by atoms with Crippen LogP contribution in [-0.4, -0.2) is 25.6 Å². The fourth-order valence-electron chi connectivity index (χ4n) is 1.85. The Morgan fingerprint density at radius 1 is 1.38 bits per heavy atom. The van der Waals surface area contributed by atoms with Crippen molar-refractivity contribution in [2.24, 2.45) is 5.73 Å². The molecule has 0 aliphatic heterocycles. The number of rotatable bonds is 8. The lowest BCUT2D eigenvalue weighted by Gasteiger charge is -2.14. The second-order valence-electron chi connectivity index (χ2n) is 4.89. The highest BCUT2D eigenvalue weighted by Crippen LogP contribution is 2.35. The van der Waals surface area contributed by atoms with E-state index < -0.39 is 0 Å². The molecule has 1 aromatic rings. The van der Waals surface area contributed by atoms with Crippen LogP contribution in [-0.2, 0) is 11.2 Å². The second-order valence-corrected chi connectivity index (χ2v) is 6.59. The molecule has 1 rings (SSSR count). The maximum absolute atomic E-state index is 11.1. The number of hydrogen-bond donors (Lipinski definition) is 2. The number of nitrogens with two attached hydrogens (primary N) is 1. The van der Waals surface area contributed by atoms with Crippen molar-refractivity contribution in [3.8, 4) is 5.75 Å². The molecule has 0 radical (unpaired) electrons. The molecule has 4 nitrogen and oxygen atoms in total. The Kier molecular flexibility index (Phi) is 8.29. The first-order valence-electron chi connectivity index (χ1n) is 7.04. The predicted octanol–water partition coefficient (Wildman–Crippen LogP) is 3.40. The molecule has 0 fully saturated rings. The zero-order valence-electron chi connectivity index (χ0n) is 12.4. The topological polar surface area (TPSA) is 64.3 Å². The monoisotopic (exact) mass is 420 g/mol. The van der Waals surface area contributed by atoms with Gasteiger partial charge >= 0.3 is 0 Å². The third-order valence-electron chi connectivity index (χ3n) is 3.15. The summed E-state index contributed by atoms with van der Waals surface area (Å²) in [4.78, 5) is 11.1. The standard InChI is InChI=1S/C15H22Br2N2O2/c1-3-11(18)7-10-8-12(16)15(13(17)9-10)21-6-4-5-14(20)19-2/h8-9,11H,3-7,18H2,1-2H3,(H,19,20). The summed E-state index contributed by atoms with van der Waals surface area (Å²) in [5.74, 6) is 0.793. The van der Waals surface area contributed by atoms with Crippen LogP contribution in [0.15, 0.2) is 21.1 Å². The van der Waals surface area contributed by atoms with E-state index in [9.17, 15) is 4.79 Å². The minimum atomic E-state index is 0.0284. The summed E-state index contributed by atoms with van der Waals surface area (Å²) in [6, 6.07) is 4.24. The van der Waals surface area contributed by atoms with Gasteiger partial charge in [-0.25, -0.2) is 0 Å². The highest BCUT2D eigenvalue weighted by molar-refractivity contribution is 9.11. The minimum absolute atomic E-state index is 0.0284. The number of ether oxygens (including phenoxy) is 1. The Morgan fingerprint density at radius 3 is 2.52 bits per heavy atom. The smallest absolute Gasteiger partial charge is 0.219 e. The van der Waals surface area contributed by atoms with Crippen LogP contribution in [0.1, 0.15) is 31.7 Å². The van der Waals surface area contributed by atoms with Crippen LogP contribution in [0.25, 0.3) is 0 Å². The fraction of sp³-hybridized carbons (Fsp3) is 0.533. The zero-order chi connectivity index (χ0) is 15.8. The van der Waals surface area contributed by atoms with Gasteiger partial charge in [-0.15, -0.1) is 0 Å². The summed E-state index contributed by atoms with van der Waals surface area (Å²) in [5.41, 5.74) is 7.15. The first kappa shape index (κ1) is 18.5. The van der Waals surface area contributed by atoms with Crippen LogP contribution in [0.5, 0.6) is 5.75 Å². The van der Waals surface area contributed by atoms with Gasteiger partial charge in [-0.1, -0.05) is 6.92 Å². The van der Waals surface area contributed by atoms with E-state index in [1.807, 2.05) is 12.1 Å². The van der Waals surface area contributed by atoms with Gasteiger partial charge in [0.2, 0.25) is 5.91 Å². The SMILES string of the molecule is CCC(N)Cc1cc(Br)c(OCCCC(=O)NC)c(Br)c1. The number of carbonyl (C=O) groups is 1. The van der Waals surface area contributed by atoms with E-state index in [0.29, 0.717) is 19.4 Å². The first-order chi connectivity index (χ1) is 9.97. The molecule has 0 aliphatic carbocycles. The molecule has 1 aromatic carbocycles. The number of amides is 1. The van der Waals surface area contributed by atoms with Crippen molar-refractivity contribution in [1.29, 1.82) is 0 Å². The Hall–Kier alpha value is -0.590. The number of carbonyl (C=O) groups excluding carboxylic acids is 1. The lowest BCUT2D eigenvalue weighted by molar-refractivity contribution is -0.120. The van der Waals surface area contributed by atoms with E-state index in [4.69, 9.17) is 10.5 Å². The van der Waals surface area contributed by atoms with Gasteiger partial charge in [0.25, 0.3) is 0 Å². The molecule has 1 atom stereocenters. The maximum Gasteiger partial charge on any atom is 0.219 e. The normalized spacial score (nSPS) is 12.0. The molecule has 1 unspecified atom stereocenters. The molecule has 0 heterocycles. The minimum Gasteiger partial charge on any atom is -0.491 e. The number of hydrogen-bond acceptors (Lipinski definition) is 3. The zero-order valence-corrected chi connectivity index (χ0v) is 15.6. The quantitative estimate of drug-likeness (QED) is 0.632. The van der Waals surface area contributed by atoms with Gasteiger partial charge < -0.3 is 15.8 Å². The average Bonchev–Trinajstić information content (AvgIpc) is 2.45. The molecule has 0 bridgehead atoms. The third kappa shape index (κ3) is 6.36. The summed E-state index contributed by atoms with van der Waals surface area (Å²) < 4.78 is 7.54. The van der Waals surface area contributed by atoms with Gasteiger partial charge in [-0.3, -0.25) is 4.79 Å². The van der Waals surface area contributed by atoms with Crippen LogP contribution >= 0.6 is 31.9 Å². The number of nitrogens with one attached hydrogen (secondary N) is 1. The van der Waals surface area contributed by atoms with Gasteiger partial charge in [-0.05, 0) is 68.8 Å². The van der Waals surface area contributed by atoms with Gasteiger partial charge in [0.1, 0.15) is 5.75 Å². The molecular weight excluding hydrogens is 400 g/mol. The molecule has 0 aromatic heterocycles. The molecule has 0 spiro atoms.